The molecule has 8 heteroatoms. The summed E-state index contributed by atoms with van der Waals surface area (Å²) in [6, 6.07) is 22.8. The third-order valence-electron chi connectivity index (χ3n) is 7.91. The molecule has 0 bridgehead atoms. The van der Waals surface area contributed by atoms with Gasteiger partial charge in [0.2, 0.25) is 0 Å². The second kappa shape index (κ2) is 12.7. The zero-order chi connectivity index (χ0) is 30.8. The van der Waals surface area contributed by atoms with Gasteiger partial charge in [0.05, 0.1) is 34.6 Å². The summed E-state index contributed by atoms with van der Waals surface area (Å²) < 4.78 is 13.6. The van der Waals surface area contributed by atoms with Crippen LogP contribution in [-0.2, 0) is 9.53 Å². The molecule has 0 N–H and O–H groups in total. The molecule has 0 amide bonds. The van der Waals surface area contributed by atoms with E-state index in [1.807, 2.05) is 74.5 Å². The Bertz CT molecular complexity index is 1880. The fourth-order valence-electron chi connectivity index (χ4n) is 5.99. The fourth-order valence-corrected chi connectivity index (χ4v) is 6.99. The van der Waals surface area contributed by atoms with Crippen LogP contribution in [0.3, 0.4) is 0 Å². The van der Waals surface area contributed by atoms with E-state index in [4.69, 9.17) is 14.5 Å². The van der Waals surface area contributed by atoms with Crippen LogP contribution in [0.15, 0.2) is 88.2 Å². The van der Waals surface area contributed by atoms with Crippen LogP contribution in [0.1, 0.15) is 61.9 Å². The van der Waals surface area contributed by atoms with Crippen molar-refractivity contribution in [1.82, 2.24) is 4.57 Å². The lowest BCUT2D eigenvalue weighted by molar-refractivity contribution is -0.138. The van der Waals surface area contributed by atoms with Gasteiger partial charge in [0.25, 0.3) is 5.56 Å². The van der Waals surface area contributed by atoms with Crippen molar-refractivity contribution >= 4 is 34.8 Å². The van der Waals surface area contributed by atoms with E-state index in [0.29, 0.717) is 26.4 Å². The van der Waals surface area contributed by atoms with Gasteiger partial charge in [-0.15, -0.1) is 0 Å². The third kappa shape index (κ3) is 5.86. The van der Waals surface area contributed by atoms with Crippen LogP contribution in [0.4, 0.5) is 5.69 Å². The Morgan fingerprint density at radius 2 is 1.77 bits per heavy atom. The summed E-state index contributed by atoms with van der Waals surface area (Å²) >= 11 is 1.33. The minimum absolute atomic E-state index is 0.0197. The molecule has 2 aliphatic rings. The molecular weight excluding hydrogens is 570 g/mol. The number of hydrogen-bond donors (Lipinski definition) is 0. The summed E-state index contributed by atoms with van der Waals surface area (Å²) in [6.07, 6.45) is 4.38. The first-order chi connectivity index (χ1) is 21.3. The maximum Gasteiger partial charge on any atom is 0.338 e. The zero-order valence-electron chi connectivity index (χ0n) is 25.6. The van der Waals surface area contributed by atoms with E-state index in [-0.39, 0.29) is 18.3 Å². The number of esters is 1. The molecule has 3 aromatic carbocycles. The third-order valence-corrected chi connectivity index (χ3v) is 8.89. The normalized spacial score (nSPS) is 16.7. The van der Waals surface area contributed by atoms with Crippen molar-refractivity contribution in [3.05, 3.63) is 120 Å². The molecule has 0 radical (unpaired) electrons. The number of carbonyl (C=O) groups is 1. The number of nitrogens with zero attached hydrogens (tertiary/aromatic N) is 3. The predicted octanol–water partition coefficient (Wildman–Crippen LogP) is 5.63. The summed E-state index contributed by atoms with van der Waals surface area (Å²) in [5.74, 6) is 0.221. The standard InChI is InChI=1S/C36H37N3O4S/c1-5-42-35(41)31-32(26-11-7-6-8-12-26)37-36-39(33(31)27-14-16-28(17-15-27)43-23(2)3)34(40)30(44-36)22-25-13-18-29(24(4)21-25)38-19-9-10-20-38/h6-8,11-18,21-23,33H,5,9-10,19-20H2,1-4H3/b30-22-/t33-/m1/s1. The Kier molecular flexibility index (Phi) is 8.53. The van der Waals surface area contributed by atoms with Crippen LogP contribution in [-0.4, -0.2) is 36.3 Å². The second-order valence-corrected chi connectivity index (χ2v) is 12.4. The molecule has 1 aromatic heterocycles. The van der Waals surface area contributed by atoms with Gasteiger partial charge < -0.3 is 14.4 Å². The highest BCUT2D eigenvalue weighted by Gasteiger charge is 2.35. The van der Waals surface area contributed by atoms with Crippen LogP contribution < -0.4 is 24.5 Å². The summed E-state index contributed by atoms with van der Waals surface area (Å²) in [4.78, 5) is 35.8. The van der Waals surface area contributed by atoms with Crippen LogP contribution in [0.5, 0.6) is 5.75 Å². The topological polar surface area (TPSA) is 73.1 Å². The Morgan fingerprint density at radius 1 is 1.05 bits per heavy atom. The number of aromatic nitrogens is 1. The van der Waals surface area contributed by atoms with E-state index in [1.165, 1.54) is 35.4 Å². The number of benzene rings is 3. The van der Waals surface area contributed by atoms with Gasteiger partial charge in [-0.3, -0.25) is 9.36 Å². The highest BCUT2D eigenvalue weighted by atomic mass is 32.1. The maximum atomic E-state index is 14.2. The van der Waals surface area contributed by atoms with Gasteiger partial charge in [0.1, 0.15) is 5.75 Å². The van der Waals surface area contributed by atoms with Crippen molar-refractivity contribution in [3.8, 4) is 5.75 Å². The largest absolute Gasteiger partial charge is 0.491 e. The van der Waals surface area contributed by atoms with Gasteiger partial charge in [-0.1, -0.05) is 59.9 Å². The number of ether oxygens (including phenoxy) is 2. The van der Waals surface area contributed by atoms with Crippen LogP contribution in [0, 0.1) is 6.92 Å². The van der Waals surface area contributed by atoms with E-state index < -0.39 is 12.0 Å². The quantitative estimate of drug-likeness (QED) is 0.243. The summed E-state index contributed by atoms with van der Waals surface area (Å²) in [5.41, 5.74) is 5.59. The first kappa shape index (κ1) is 29.6. The number of fused-ring (bicyclic) bond motifs is 1. The average Bonchev–Trinajstić information content (AvgIpc) is 3.65. The van der Waals surface area contributed by atoms with Gasteiger partial charge in [0.15, 0.2) is 4.80 Å². The molecule has 4 aromatic rings. The lowest BCUT2D eigenvalue weighted by Gasteiger charge is -2.26. The number of carbonyl (C=O) groups excluding carboxylic acids is 1. The summed E-state index contributed by atoms with van der Waals surface area (Å²) in [6.45, 7) is 10.2. The summed E-state index contributed by atoms with van der Waals surface area (Å²) in [5, 5.41) is 0. The lowest BCUT2D eigenvalue weighted by atomic mass is 9.93. The molecule has 1 atom stereocenters. The molecule has 0 aliphatic carbocycles. The lowest BCUT2D eigenvalue weighted by Crippen LogP contribution is -2.40. The van der Waals surface area contributed by atoms with Gasteiger partial charge in [-0.25, -0.2) is 9.79 Å². The number of thiazole rings is 1. The number of anilines is 1. The highest BCUT2D eigenvalue weighted by Crippen LogP contribution is 2.36. The first-order valence-electron chi connectivity index (χ1n) is 15.2. The maximum absolute atomic E-state index is 14.2. The molecule has 0 unspecified atom stereocenters. The van der Waals surface area contributed by atoms with Crippen molar-refractivity contribution in [2.75, 3.05) is 24.6 Å². The molecule has 2 aliphatic heterocycles. The van der Waals surface area contributed by atoms with Gasteiger partial charge in [-0.2, -0.15) is 0 Å². The molecule has 1 fully saturated rings. The van der Waals surface area contributed by atoms with E-state index in [2.05, 4.69) is 30.0 Å². The van der Waals surface area contributed by atoms with Crippen LogP contribution in [0.2, 0.25) is 0 Å². The Hall–Kier alpha value is -4.43. The van der Waals surface area contributed by atoms with Crippen LogP contribution >= 0.6 is 11.3 Å². The number of aryl methyl sites for hydroxylation is 1. The van der Waals surface area contributed by atoms with Gasteiger partial charge in [0, 0.05) is 24.3 Å². The van der Waals surface area contributed by atoms with Crippen molar-refractivity contribution < 1.29 is 14.3 Å². The molecule has 7 nitrogen and oxygen atoms in total. The Labute approximate surface area is 261 Å². The van der Waals surface area contributed by atoms with Crippen molar-refractivity contribution in [3.63, 3.8) is 0 Å². The molecule has 0 spiro atoms. The average molecular weight is 608 g/mol. The minimum Gasteiger partial charge on any atom is -0.491 e. The van der Waals surface area contributed by atoms with Gasteiger partial charge >= 0.3 is 5.97 Å². The molecule has 0 saturated carbocycles. The second-order valence-electron chi connectivity index (χ2n) is 11.4. The zero-order valence-corrected chi connectivity index (χ0v) is 26.4. The van der Waals surface area contributed by atoms with E-state index >= 15 is 0 Å². The molecule has 6 rings (SSSR count). The minimum atomic E-state index is -0.727. The SMILES string of the molecule is CCOC(=O)C1=C(c2ccccc2)N=c2s/c(=C\c3ccc(N4CCCC4)c(C)c3)c(=O)n2[C@@H]1c1ccc(OC(C)C)cc1. The van der Waals surface area contributed by atoms with E-state index in [9.17, 15) is 9.59 Å². The highest BCUT2D eigenvalue weighted by molar-refractivity contribution is 7.07. The Morgan fingerprint density at radius 3 is 2.43 bits per heavy atom. The Balaban J connectivity index is 1.53. The first-order valence-corrected chi connectivity index (χ1v) is 16.1. The number of hydrogen-bond acceptors (Lipinski definition) is 7. The number of rotatable bonds is 8. The molecule has 226 valence electrons. The predicted molar refractivity (Wildman–Crippen MR) is 176 cm³/mol. The molecule has 44 heavy (non-hydrogen) atoms. The van der Waals surface area contributed by atoms with Crippen molar-refractivity contribution in [1.29, 1.82) is 0 Å². The van der Waals surface area contributed by atoms with Crippen molar-refractivity contribution in [2.24, 2.45) is 4.99 Å². The summed E-state index contributed by atoms with van der Waals surface area (Å²) in [7, 11) is 0. The fraction of sp³-hybridized carbons (Fsp3) is 0.306. The molecular formula is C36H37N3O4S. The molecule has 1 saturated heterocycles. The van der Waals surface area contributed by atoms with E-state index in [1.54, 1.807) is 11.5 Å². The monoisotopic (exact) mass is 607 g/mol. The van der Waals surface area contributed by atoms with Crippen LogP contribution in [0.25, 0.3) is 11.8 Å². The molecule has 3 heterocycles. The van der Waals surface area contributed by atoms with Gasteiger partial charge in [-0.05, 0) is 87.6 Å². The smallest absolute Gasteiger partial charge is 0.338 e. The van der Waals surface area contributed by atoms with Crippen molar-refractivity contribution in [2.45, 2.75) is 52.7 Å². The van der Waals surface area contributed by atoms with E-state index in [0.717, 1.165) is 29.8 Å².